The molecule has 1 aromatic rings. The third-order valence-electron chi connectivity index (χ3n) is 4.69. The van der Waals surface area contributed by atoms with Gasteiger partial charge in [-0.3, -0.25) is 0 Å². The van der Waals surface area contributed by atoms with Crippen LogP contribution >= 0.6 is 0 Å². The van der Waals surface area contributed by atoms with E-state index in [4.69, 9.17) is 9.47 Å². The third kappa shape index (κ3) is 2.58. The lowest BCUT2D eigenvalue weighted by molar-refractivity contribution is 0.0445. The van der Waals surface area contributed by atoms with E-state index in [2.05, 4.69) is 6.07 Å². The van der Waals surface area contributed by atoms with Gasteiger partial charge in [-0.2, -0.15) is 5.26 Å². The molecule has 4 nitrogen and oxygen atoms in total. The fraction of sp³-hybridized carbons (Fsp3) is 0.588. The van der Waals surface area contributed by atoms with E-state index < -0.39 is 5.41 Å². The molecule has 0 bridgehead atoms. The number of rotatable bonds is 4. The van der Waals surface area contributed by atoms with Gasteiger partial charge in [0.15, 0.2) is 11.5 Å². The Morgan fingerprint density at radius 2 is 1.95 bits per heavy atom. The molecule has 0 spiro atoms. The maximum absolute atomic E-state index is 9.57. The van der Waals surface area contributed by atoms with Gasteiger partial charge in [0.2, 0.25) is 0 Å². The highest BCUT2D eigenvalue weighted by atomic mass is 16.5. The Bertz CT molecular complexity index is 552. The normalized spacial score (nSPS) is 28.7. The van der Waals surface area contributed by atoms with E-state index in [1.54, 1.807) is 7.11 Å². The average molecular weight is 287 g/mol. The number of aliphatic hydroxyl groups excluding tert-OH is 1. The molecule has 0 saturated heterocycles. The van der Waals surface area contributed by atoms with Crippen LogP contribution in [0.1, 0.15) is 44.1 Å². The summed E-state index contributed by atoms with van der Waals surface area (Å²) >= 11 is 0. The first-order valence-corrected chi connectivity index (χ1v) is 7.61. The van der Waals surface area contributed by atoms with E-state index in [0.29, 0.717) is 18.6 Å². The number of methoxy groups -OCH3 is 1. The van der Waals surface area contributed by atoms with E-state index in [1.807, 2.05) is 18.2 Å². The number of hydrogen-bond acceptors (Lipinski definition) is 4. The minimum Gasteiger partial charge on any atom is -0.493 e. The summed E-state index contributed by atoms with van der Waals surface area (Å²) in [5.41, 5.74) is 0.350. The van der Waals surface area contributed by atoms with Gasteiger partial charge in [-0.25, -0.2) is 0 Å². The van der Waals surface area contributed by atoms with Crippen molar-refractivity contribution in [2.45, 2.75) is 56.1 Å². The highest BCUT2D eigenvalue weighted by molar-refractivity contribution is 5.48. The molecule has 1 aromatic carbocycles. The first-order valence-electron chi connectivity index (χ1n) is 7.61. The smallest absolute Gasteiger partial charge is 0.161 e. The van der Waals surface area contributed by atoms with Crippen molar-refractivity contribution >= 4 is 0 Å². The Morgan fingerprint density at radius 3 is 2.52 bits per heavy atom. The second-order valence-corrected chi connectivity index (χ2v) is 6.15. The zero-order valence-electron chi connectivity index (χ0n) is 12.3. The van der Waals surface area contributed by atoms with Gasteiger partial charge in [0, 0.05) is 0 Å². The Balaban J connectivity index is 1.87. The lowest BCUT2D eigenvalue weighted by Crippen LogP contribution is -2.43. The first kappa shape index (κ1) is 14.2. The molecule has 3 rings (SSSR count). The van der Waals surface area contributed by atoms with Crippen molar-refractivity contribution in [3.05, 3.63) is 23.8 Å². The van der Waals surface area contributed by atoms with Crippen molar-refractivity contribution < 1.29 is 14.6 Å². The molecule has 21 heavy (non-hydrogen) atoms. The molecule has 2 fully saturated rings. The monoisotopic (exact) mass is 287 g/mol. The summed E-state index contributed by atoms with van der Waals surface area (Å²) in [6, 6.07) is 8.06. The lowest BCUT2D eigenvalue weighted by atomic mass is 9.64. The van der Waals surface area contributed by atoms with Gasteiger partial charge in [0.05, 0.1) is 30.8 Å². The molecule has 0 amide bonds. The summed E-state index contributed by atoms with van der Waals surface area (Å²) in [5, 5.41) is 19.0. The number of nitriles is 1. The van der Waals surface area contributed by atoms with Gasteiger partial charge in [-0.15, -0.1) is 0 Å². The van der Waals surface area contributed by atoms with Crippen LogP contribution in [0.2, 0.25) is 0 Å². The van der Waals surface area contributed by atoms with Gasteiger partial charge in [-0.05, 0) is 56.2 Å². The standard InChI is InChI=1S/C17H21NO3/c1-20-15-7-6-12(17(11-18)9-13(19)10-17)8-16(15)21-14-4-2-3-5-14/h6-8,13-14,19H,2-5,9-10H2,1H3/t13-,17-. The molecular formula is C17H21NO3. The van der Waals surface area contributed by atoms with Crippen LogP contribution in [0.25, 0.3) is 0 Å². The van der Waals surface area contributed by atoms with E-state index >= 15 is 0 Å². The number of benzene rings is 1. The van der Waals surface area contributed by atoms with E-state index in [-0.39, 0.29) is 12.2 Å². The molecule has 0 aliphatic heterocycles. The SMILES string of the molecule is COc1ccc([C@]2(C#N)C[C@@H](O)C2)cc1OC1CCCC1. The molecule has 2 aliphatic carbocycles. The number of aliphatic hydroxyl groups is 1. The average Bonchev–Trinajstić information content (AvgIpc) is 2.96. The van der Waals surface area contributed by atoms with Crippen LogP contribution < -0.4 is 9.47 Å². The Kier molecular flexibility index (Phi) is 3.77. The summed E-state index contributed by atoms with van der Waals surface area (Å²) < 4.78 is 11.4. The Labute approximate surface area is 125 Å². The van der Waals surface area contributed by atoms with Crippen LogP contribution in [0.5, 0.6) is 11.5 Å². The van der Waals surface area contributed by atoms with Crippen molar-refractivity contribution in [1.82, 2.24) is 0 Å². The molecule has 1 N–H and O–H groups in total. The van der Waals surface area contributed by atoms with Crippen molar-refractivity contribution in [1.29, 1.82) is 5.26 Å². The highest BCUT2D eigenvalue weighted by Crippen LogP contribution is 2.45. The van der Waals surface area contributed by atoms with Crippen LogP contribution in [0, 0.1) is 11.3 Å². The summed E-state index contributed by atoms with van der Waals surface area (Å²) in [6.45, 7) is 0. The molecule has 2 aliphatic rings. The summed E-state index contributed by atoms with van der Waals surface area (Å²) in [4.78, 5) is 0. The molecule has 2 saturated carbocycles. The van der Waals surface area contributed by atoms with Gasteiger partial charge in [0.25, 0.3) is 0 Å². The van der Waals surface area contributed by atoms with E-state index in [0.717, 1.165) is 24.2 Å². The van der Waals surface area contributed by atoms with Crippen LogP contribution in [0.4, 0.5) is 0 Å². The first-order chi connectivity index (χ1) is 10.2. The molecular weight excluding hydrogens is 266 g/mol. The predicted molar refractivity (Wildman–Crippen MR) is 78.4 cm³/mol. The third-order valence-corrected chi connectivity index (χ3v) is 4.69. The predicted octanol–water partition coefficient (Wildman–Crippen LogP) is 2.93. The van der Waals surface area contributed by atoms with E-state index in [9.17, 15) is 10.4 Å². The second kappa shape index (κ2) is 5.57. The van der Waals surface area contributed by atoms with Crippen LogP contribution in [0.15, 0.2) is 18.2 Å². The number of hydrogen-bond donors (Lipinski definition) is 1. The maximum Gasteiger partial charge on any atom is 0.161 e. The van der Waals surface area contributed by atoms with Crippen LogP contribution in [0.3, 0.4) is 0 Å². The second-order valence-electron chi connectivity index (χ2n) is 6.15. The van der Waals surface area contributed by atoms with Crippen molar-refractivity contribution in [3.8, 4) is 17.6 Å². The van der Waals surface area contributed by atoms with E-state index in [1.165, 1.54) is 12.8 Å². The fourth-order valence-corrected chi connectivity index (χ4v) is 3.39. The molecule has 112 valence electrons. The van der Waals surface area contributed by atoms with Gasteiger partial charge in [0.1, 0.15) is 0 Å². The van der Waals surface area contributed by atoms with Crippen molar-refractivity contribution in [3.63, 3.8) is 0 Å². The van der Waals surface area contributed by atoms with Crippen LogP contribution in [-0.2, 0) is 5.41 Å². The molecule has 0 heterocycles. The molecule has 0 atom stereocenters. The minimum absolute atomic E-state index is 0.249. The summed E-state index contributed by atoms with van der Waals surface area (Å²) in [7, 11) is 1.63. The summed E-state index contributed by atoms with van der Waals surface area (Å²) in [6.07, 6.45) is 5.45. The quantitative estimate of drug-likeness (QED) is 0.925. The van der Waals surface area contributed by atoms with Gasteiger partial charge >= 0.3 is 0 Å². The minimum atomic E-state index is -0.570. The molecule has 0 radical (unpaired) electrons. The highest BCUT2D eigenvalue weighted by Gasteiger charge is 2.45. The van der Waals surface area contributed by atoms with Gasteiger partial charge in [-0.1, -0.05) is 6.07 Å². The van der Waals surface area contributed by atoms with Crippen LogP contribution in [-0.4, -0.2) is 24.4 Å². The van der Waals surface area contributed by atoms with Crippen molar-refractivity contribution in [2.75, 3.05) is 7.11 Å². The number of nitrogens with zero attached hydrogens (tertiary/aromatic N) is 1. The maximum atomic E-state index is 9.57. The topological polar surface area (TPSA) is 62.5 Å². The molecule has 4 heteroatoms. The largest absolute Gasteiger partial charge is 0.493 e. The summed E-state index contributed by atoms with van der Waals surface area (Å²) in [5.74, 6) is 1.43. The zero-order chi connectivity index (χ0) is 14.9. The van der Waals surface area contributed by atoms with Crippen molar-refractivity contribution in [2.24, 2.45) is 0 Å². The Hall–Kier alpha value is -1.73. The fourth-order valence-electron chi connectivity index (χ4n) is 3.39. The lowest BCUT2D eigenvalue weighted by Gasteiger charge is -2.40. The zero-order valence-corrected chi connectivity index (χ0v) is 12.3. The molecule has 0 aromatic heterocycles. The molecule has 0 unspecified atom stereocenters. The number of ether oxygens (including phenoxy) is 2. The van der Waals surface area contributed by atoms with Gasteiger partial charge < -0.3 is 14.6 Å². The Morgan fingerprint density at radius 1 is 1.24 bits per heavy atom.